The molecule has 90 valence electrons. The van der Waals surface area contributed by atoms with E-state index in [-0.39, 0.29) is 12.6 Å². The second-order valence-corrected chi connectivity index (χ2v) is 4.01. The van der Waals surface area contributed by atoms with E-state index in [1.807, 2.05) is 25.8 Å². The van der Waals surface area contributed by atoms with Gasteiger partial charge < -0.3 is 15.3 Å². The van der Waals surface area contributed by atoms with E-state index in [0.29, 0.717) is 16.8 Å². The molecule has 0 spiro atoms. The maximum Gasteiger partial charge on any atom is 0.224 e. The van der Waals surface area contributed by atoms with Crippen molar-refractivity contribution in [3.05, 3.63) is 11.2 Å². The molecule has 0 aromatic carbocycles. The van der Waals surface area contributed by atoms with Crippen LogP contribution in [0.4, 0.5) is 11.8 Å². The van der Waals surface area contributed by atoms with Crippen LogP contribution in [0.15, 0.2) is 6.20 Å². The van der Waals surface area contributed by atoms with E-state index in [0.717, 1.165) is 6.54 Å². The summed E-state index contributed by atoms with van der Waals surface area (Å²) >= 11 is 6.00. The van der Waals surface area contributed by atoms with Crippen molar-refractivity contribution in [2.24, 2.45) is 0 Å². The summed E-state index contributed by atoms with van der Waals surface area (Å²) in [5.74, 6) is 1.16. The summed E-state index contributed by atoms with van der Waals surface area (Å²) in [5, 5.41) is 12.4. The number of nitrogens with zero attached hydrogens (tertiary/aromatic N) is 3. The molecule has 1 rings (SSSR count). The third-order valence-electron chi connectivity index (χ3n) is 2.21. The van der Waals surface area contributed by atoms with Gasteiger partial charge in [0.15, 0.2) is 5.82 Å². The summed E-state index contributed by atoms with van der Waals surface area (Å²) in [6.07, 6.45) is 1.56. The molecular formula is C10H17ClN4O. The molecule has 0 aliphatic carbocycles. The lowest BCUT2D eigenvalue weighted by atomic mass is 10.4. The average molecular weight is 245 g/mol. The van der Waals surface area contributed by atoms with Gasteiger partial charge in [-0.25, -0.2) is 4.98 Å². The lowest BCUT2D eigenvalue weighted by Gasteiger charge is -2.18. The summed E-state index contributed by atoms with van der Waals surface area (Å²) in [7, 11) is 1.91. The van der Waals surface area contributed by atoms with Crippen LogP contribution >= 0.6 is 11.6 Å². The van der Waals surface area contributed by atoms with Gasteiger partial charge in [-0.05, 0) is 13.8 Å². The Balaban J connectivity index is 2.89. The molecule has 1 aromatic rings. The quantitative estimate of drug-likeness (QED) is 0.820. The van der Waals surface area contributed by atoms with Crippen LogP contribution in [0.2, 0.25) is 5.02 Å². The van der Waals surface area contributed by atoms with Gasteiger partial charge in [-0.15, -0.1) is 0 Å². The van der Waals surface area contributed by atoms with Crippen LogP contribution in [0, 0.1) is 0 Å². The average Bonchev–Trinajstić information content (AvgIpc) is 2.30. The highest BCUT2D eigenvalue weighted by Crippen LogP contribution is 2.22. The van der Waals surface area contributed by atoms with E-state index < -0.39 is 0 Å². The molecule has 0 bridgehead atoms. The minimum absolute atomic E-state index is 0.0327. The third kappa shape index (κ3) is 3.21. The highest BCUT2D eigenvalue weighted by molar-refractivity contribution is 6.32. The SMILES string of the molecule is CCN(C)c1nc(NC(C)CO)ncc1Cl. The van der Waals surface area contributed by atoms with E-state index >= 15 is 0 Å². The van der Waals surface area contributed by atoms with Gasteiger partial charge >= 0.3 is 0 Å². The van der Waals surface area contributed by atoms with Gasteiger partial charge in [-0.3, -0.25) is 0 Å². The molecule has 2 N–H and O–H groups in total. The van der Waals surface area contributed by atoms with E-state index in [9.17, 15) is 0 Å². The molecule has 0 amide bonds. The van der Waals surface area contributed by atoms with Gasteiger partial charge in [-0.2, -0.15) is 4.98 Å². The summed E-state index contributed by atoms with van der Waals surface area (Å²) in [6, 6.07) is -0.0824. The molecule has 1 aromatic heterocycles. The standard InChI is InChI=1S/C10H17ClN4O/c1-4-15(3)9-8(11)5-12-10(14-9)13-7(2)6-16/h5,7,16H,4,6H2,1-3H3,(H,12,13,14). The zero-order chi connectivity index (χ0) is 12.1. The van der Waals surface area contributed by atoms with E-state index in [4.69, 9.17) is 16.7 Å². The van der Waals surface area contributed by atoms with Crippen LogP contribution in [0.5, 0.6) is 0 Å². The van der Waals surface area contributed by atoms with Crippen molar-refractivity contribution in [3.8, 4) is 0 Å². The van der Waals surface area contributed by atoms with Crippen LogP contribution in [-0.2, 0) is 0 Å². The Morgan fingerprint density at radius 2 is 2.31 bits per heavy atom. The highest BCUT2D eigenvalue weighted by Gasteiger charge is 2.10. The van der Waals surface area contributed by atoms with Crippen LogP contribution in [0.25, 0.3) is 0 Å². The maximum atomic E-state index is 8.92. The van der Waals surface area contributed by atoms with E-state index in [1.165, 1.54) is 0 Å². The Kier molecular flexibility index (Phi) is 4.76. The van der Waals surface area contributed by atoms with Crippen molar-refractivity contribution >= 4 is 23.4 Å². The third-order valence-corrected chi connectivity index (χ3v) is 2.48. The van der Waals surface area contributed by atoms with E-state index in [1.54, 1.807) is 6.20 Å². The molecule has 0 radical (unpaired) electrons. The normalized spacial score (nSPS) is 12.3. The van der Waals surface area contributed by atoms with Crippen molar-refractivity contribution in [2.45, 2.75) is 19.9 Å². The number of aliphatic hydroxyl groups excluding tert-OH is 1. The highest BCUT2D eigenvalue weighted by atomic mass is 35.5. The lowest BCUT2D eigenvalue weighted by molar-refractivity contribution is 0.281. The molecule has 16 heavy (non-hydrogen) atoms. The predicted octanol–water partition coefficient (Wildman–Crippen LogP) is 1.38. The Hall–Kier alpha value is -1.07. The predicted molar refractivity (Wildman–Crippen MR) is 66.2 cm³/mol. The molecule has 0 fully saturated rings. The number of aliphatic hydroxyl groups is 1. The fraction of sp³-hybridized carbons (Fsp3) is 0.600. The number of hydrogen-bond acceptors (Lipinski definition) is 5. The van der Waals surface area contributed by atoms with Crippen LogP contribution in [0.1, 0.15) is 13.8 Å². The summed E-state index contributed by atoms with van der Waals surface area (Å²) in [6.45, 7) is 4.71. The molecule has 1 heterocycles. The van der Waals surface area contributed by atoms with Gasteiger partial charge in [0.05, 0.1) is 12.8 Å². The molecule has 6 heteroatoms. The summed E-state index contributed by atoms with van der Waals surface area (Å²) < 4.78 is 0. The molecule has 0 aliphatic heterocycles. The monoisotopic (exact) mass is 244 g/mol. The maximum absolute atomic E-state index is 8.92. The number of aromatic nitrogens is 2. The number of halogens is 1. The topological polar surface area (TPSA) is 61.3 Å². The first-order chi connectivity index (χ1) is 7.58. The summed E-state index contributed by atoms with van der Waals surface area (Å²) in [5.41, 5.74) is 0. The first-order valence-electron chi connectivity index (χ1n) is 5.19. The molecule has 0 aliphatic rings. The molecule has 5 nitrogen and oxygen atoms in total. The van der Waals surface area contributed by atoms with Crippen LogP contribution in [0.3, 0.4) is 0 Å². The van der Waals surface area contributed by atoms with Gasteiger partial charge in [0, 0.05) is 19.6 Å². The van der Waals surface area contributed by atoms with Gasteiger partial charge in [-0.1, -0.05) is 11.6 Å². The van der Waals surface area contributed by atoms with Crippen molar-refractivity contribution in [3.63, 3.8) is 0 Å². The van der Waals surface area contributed by atoms with Crippen molar-refractivity contribution < 1.29 is 5.11 Å². The largest absolute Gasteiger partial charge is 0.394 e. The molecule has 0 saturated carbocycles. The van der Waals surface area contributed by atoms with Crippen molar-refractivity contribution in [1.82, 2.24) is 9.97 Å². The fourth-order valence-electron chi connectivity index (χ4n) is 1.11. The van der Waals surface area contributed by atoms with Gasteiger partial charge in [0.1, 0.15) is 5.02 Å². The molecule has 1 unspecified atom stereocenters. The second-order valence-electron chi connectivity index (χ2n) is 3.61. The second kappa shape index (κ2) is 5.86. The van der Waals surface area contributed by atoms with Gasteiger partial charge in [0.25, 0.3) is 0 Å². The smallest absolute Gasteiger partial charge is 0.224 e. The Labute approximate surface area is 100 Å². The first kappa shape index (κ1) is 13.0. The number of hydrogen-bond donors (Lipinski definition) is 2. The lowest BCUT2D eigenvalue weighted by Crippen LogP contribution is -2.23. The van der Waals surface area contributed by atoms with Crippen LogP contribution < -0.4 is 10.2 Å². The molecule has 0 saturated heterocycles. The fourth-order valence-corrected chi connectivity index (χ4v) is 1.35. The van der Waals surface area contributed by atoms with Gasteiger partial charge in [0.2, 0.25) is 5.95 Å². The number of anilines is 2. The number of nitrogens with one attached hydrogen (secondary N) is 1. The Bertz CT molecular complexity index is 348. The van der Waals surface area contributed by atoms with E-state index in [2.05, 4.69) is 15.3 Å². The van der Waals surface area contributed by atoms with Crippen molar-refractivity contribution in [1.29, 1.82) is 0 Å². The zero-order valence-corrected chi connectivity index (χ0v) is 10.5. The van der Waals surface area contributed by atoms with Crippen molar-refractivity contribution in [2.75, 3.05) is 30.4 Å². The Morgan fingerprint density at radius 1 is 1.62 bits per heavy atom. The minimum Gasteiger partial charge on any atom is -0.394 e. The Morgan fingerprint density at radius 3 is 2.88 bits per heavy atom. The summed E-state index contributed by atoms with van der Waals surface area (Å²) in [4.78, 5) is 10.3. The molecular weight excluding hydrogens is 228 g/mol. The van der Waals surface area contributed by atoms with Crippen LogP contribution in [-0.4, -0.2) is 41.3 Å². The minimum atomic E-state index is -0.0824. The first-order valence-corrected chi connectivity index (χ1v) is 5.57. The number of rotatable bonds is 5. The molecule has 1 atom stereocenters. The zero-order valence-electron chi connectivity index (χ0n) is 9.74.